The zero-order valence-corrected chi connectivity index (χ0v) is 21.6. The molecule has 0 saturated carbocycles. The quantitative estimate of drug-likeness (QED) is 0.557. The molecule has 4 heteroatoms. The van der Waals surface area contributed by atoms with Gasteiger partial charge in [-0.25, -0.2) is 0 Å². The summed E-state index contributed by atoms with van der Waals surface area (Å²) in [5, 5.41) is 1.94. The summed E-state index contributed by atoms with van der Waals surface area (Å²) in [5.74, 6) is 0. The third-order valence-corrected chi connectivity index (χ3v) is 16.7. The van der Waals surface area contributed by atoms with Crippen molar-refractivity contribution in [1.29, 1.82) is 0 Å². The predicted molar refractivity (Wildman–Crippen MR) is 105 cm³/mol. The molecule has 0 bridgehead atoms. The van der Waals surface area contributed by atoms with Crippen molar-refractivity contribution in [2.75, 3.05) is 0 Å². The molecule has 26 heavy (non-hydrogen) atoms. The Balaban J connectivity index is 0.00000169. The Hall–Kier alpha value is 0.471. The molecular formula is C22H34Cl2SiTi. The molecule has 0 aromatic carbocycles. The van der Waals surface area contributed by atoms with E-state index in [1.54, 1.807) is 40.4 Å². The van der Waals surface area contributed by atoms with Gasteiger partial charge in [0.15, 0.2) is 0 Å². The Bertz CT molecular complexity index is 691. The van der Waals surface area contributed by atoms with Crippen LogP contribution in [0.25, 0.3) is 0 Å². The molecule has 144 valence electrons. The maximum Gasteiger partial charge on any atom is -1.00 e. The van der Waals surface area contributed by atoms with Crippen molar-refractivity contribution in [3.8, 4) is 0 Å². The molecule has 1 heterocycles. The molecule has 1 fully saturated rings. The maximum absolute atomic E-state index is 2.68. The van der Waals surface area contributed by atoms with Crippen LogP contribution in [0.3, 0.4) is 0 Å². The van der Waals surface area contributed by atoms with Crippen LogP contribution in [0.5, 0.6) is 0 Å². The zero-order valence-electron chi connectivity index (χ0n) is 17.6. The summed E-state index contributed by atoms with van der Waals surface area (Å²) < 4.78 is 3.71. The van der Waals surface area contributed by atoms with Gasteiger partial charge in [-0.1, -0.05) is 0 Å². The summed E-state index contributed by atoms with van der Waals surface area (Å²) in [6.45, 7) is 16.9. The molecule has 1 aliphatic heterocycles. The fourth-order valence-electron chi connectivity index (χ4n) is 5.05. The summed E-state index contributed by atoms with van der Waals surface area (Å²) in [7, 11) is -1.09. The van der Waals surface area contributed by atoms with Gasteiger partial charge in [0.05, 0.1) is 0 Å². The van der Waals surface area contributed by atoms with Gasteiger partial charge >= 0.3 is 160 Å². The van der Waals surface area contributed by atoms with Gasteiger partial charge in [-0.15, -0.1) is 0 Å². The number of hydrogen-bond acceptors (Lipinski definition) is 0. The molecule has 3 rings (SSSR count). The summed E-state index contributed by atoms with van der Waals surface area (Å²) in [6, 6.07) is 4.69. The van der Waals surface area contributed by atoms with Gasteiger partial charge < -0.3 is 24.8 Å². The van der Waals surface area contributed by atoms with Gasteiger partial charge in [0.2, 0.25) is 0 Å². The monoisotopic (exact) mass is 444 g/mol. The second-order valence-electron chi connectivity index (χ2n) is 8.86. The van der Waals surface area contributed by atoms with Crippen LogP contribution in [0.1, 0.15) is 67.7 Å². The topological polar surface area (TPSA) is 0 Å². The average Bonchev–Trinajstić information content (AvgIpc) is 2.92. The molecule has 0 radical (unpaired) electrons. The Morgan fingerprint density at radius 2 is 1.65 bits per heavy atom. The van der Waals surface area contributed by atoms with Gasteiger partial charge in [0.1, 0.15) is 0 Å². The zero-order chi connectivity index (χ0) is 17.7. The van der Waals surface area contributed by atoms with E-state index in [9.17, 15) is 0 Å². The molecule has 2 aliphatic carbocycles. The molecule has 3 aliphatic rings. The Morgan fingerprint density at radius 1 is 1.04 bits per heavy atom. The number of allylic oxidation sites excluding steroid dienone is 8. The minimum Gasteiger partial charge on any atom is -1.00 e. The summed E-state index contributed by atoms with van der Waals surface area (Å²) in [5.41, 5.74) is 6.84. The second kappa shape index (κ2) is 8.87. The summed E-state index contributed by atoms with van der Waals surface area (Å²) >= 11 is -0.180. The first kappa shape index (κ1) is 24.5. The van der Waals surface area contributed by atoms with Crippen molar-refractivity contribution in [3.05, 3.63) is 41.3 Å². The smallest absolute Gasteiger partial charge is 1.00 e. The third-order valence-electron chi connectivity index (χ3n) is 7.23. The molecule has 0 N–H and O–H groups in total. The summed E-state index contributed by atoms with van der Waals surface area (Å²) in [6.07, 6.45) is 6.83. The molecule has 0 unspecified atom stereocenters. The molecule has 0 amide bonds. The standard InChI is InChI=1S/C12H19Si.C10H15.2ClH.Ti/c1-3-7-13(8-4-9-13)12-6-5-11(2)10-12;1-7-6-10(4,5)9(3)8(7)2;;;/h6H,3-5,7-9H2,1-2H3;1-5H3;2*1H;/q;;;;+2/p-2. The van der Waals surface area contributed by atoms with Crippen LogP contribution in [-0.2, 0) is 19.2 Å². The second-order valence-corrected chi connectivity index (χ2v) is 15.4. The van der Waals surface area contributed by atoms with Gasteiger partial charge in [0.25, 0.3) is 0 Å². The van der Waals surface area contributed by atoms with E-state index in [-0.39, 0.29) is 44.0 Å². The van der Waals surface area contributed by atoms with Crippen LogP contribution in [0.4, 0.5) is 0 Å². The Labute approximate surface area is 183 Å². The molecule has 0 atom stereocenters. The van der Waals surface area contributed by atoms with Gasteiger partial charge in [-0.05, 0) is 0 Å². The van der Waals surface area contributed by atoms with Crippen LogP contribution in [0, 0.1) is 5.41 Å². The normalized spacial score (nSPS) is 23.3. The predicted octanol–water partition coefficient (Wildman–Crippen LogP) is 1.13. The van der Waals surface area contributed by atoms with E-state index in [0.29, 0.717) is 5.41 Å². The molecule has 1 saturated heterocycles. The van der Waals surface area contributed by atoms with E-state index < -0.39 is 8.07 Å². The minimum atomic E-state index is -1.09. The number of rotatable bonds is 5. The van der Waals surface area contributed by atoms with E-state index in [0.717, 1.165) is 0 Å². The fraction of sp³-hybridized carbons (Fsp3) is 0.636. The Morgan fingerprint density at radius 3 is 2.08 bits per heavy atom. The molecule has 0 spiro atoms. The van der Waals surface area contributed by atoms with E-state index in [2.05, 4.69) is 54.5 Å². The first-order valence-electron chi connectivity index (χ1n) is 9.82. The van der Waals surface area contributed by atoms with Gasteiger partial charge in [0, 0.05) is 0 Å². The van der Waals surface area contributed by atoms with Crippen molar-refractivity contribution in [1.82, 2.24) is 0 Å². The van der Waals surface area contributed by atoms with Crippen LogP contribution in [-0.4, -0.2) is 8.07 Å². The van der Waals surface area contributed by atoms with Crippen molar-refractivity contribution in [3.63, 3.8) is 0 Å². The largest absolute Gasteiger partial charge is 1.00 e. The molecule has 0 nitrogen and oxygen atoms in total. The molecule has 0 aromatic heterocycles. The van der Waals surface area contributed by atoms with Crippen molar-refractivity contribution < 1.29 is 44.0 Å². The van der Waals surface area contributed by atoms with Crippen LogP contribution in [0.15, 0.2) is 41.3 Å². The SMILES string of the molecule is CCC[Si]1(C2=CCC(C)=[C]2[Ti+2][C]2=C(C)C(C)=C(C)C2(C)C)CCC1.[Cl-].[Cl-]. The van der Waals surface area contributed by atoms with Crippen LogP contribution < -0.4 is 24.8 Å². The third kappa shape index (κ3) is 3.81. The van der Waals surface area contributed by atoms with Crippen molar-refractivity contribution in [2.45, 2.75) is 85.9 Å². The van der Waals surface area contributed by atoms with Crippen molar-refractivity contribution in [2.24, 2.45) is 5.41 Å². The van der Waals surface area contributed by atoms with Gasteiger partial charge in [-0.2, -0.15) is 0 Å². The molecule has 0 aromatic rings. The van der Waals surface area contributed by atoms with E-state index in [1.807, 2.05) is 13.0 Å². The fourth-order valence-corrected chi connectivity index (χ4v) is 13.9. The van der Waals surface area contributed by atoms with E-state index in [1.165, 1.54) is 19.3 Å². The summed E-state index contributed by atoms with van der Waals surface area (Å²) in [4.78, 5) is 0. The van der Waals surface area contributed by atoms with Gasteiger partial charge in [-0.3, -0.25) is 0 Å². The Kier molecular flexibility index (Phi) is 8.36. The van der Waals surface area contributed by atoms with Crippen molar-refractivity contribution >= 4 is 8.07 Å². The van der Waals surface area contributed by atoms with E-state index >= 15 is 0 Å². The maximum atomic E-state index is 2.68. The van der Waals surface area contributed by atoms with Crippen LogP contribution >= 0.6 is 0 Å². The van der Waals surface area contributed by atoms with E-state index in [4.69, 9.17) is 0 Å². The van der Waals surface area contributed by atoms with Crippen LogP contribution in [0.2, 0.25) is 18.1 Å². The number of halogens is 2. The molecular weight excluding hydrogens is 411 g/mol. The first-order chi connectivity index (χ1) is 11.2. The average molecular weight is 445 g/mol. The first-order valence-corrected chi connectivity index (χ1v) is 14.0. The number of hydrogen-bond donors (Lipinski definition) is 0. The minimum absolute atomic E-state index is 0.